The molecule has 1 aliphatic heterocycles. The summed E-state index contributed by atoms with van der Waals surface area (Å²) in [4.78, 5) is 28.1. The van der Waals surface area contributed by atoms with Crippen molar-refractivity contribution in [1.82, 2.24) is 4.90 Å². The Balaban J connectivity index is 2.07. The molecule has 0 saturated carbocycles. The van der Waals surface area contributed by atoms with E-state index in [0.29, 0.717) is 0 Å². The maximum absolute atomic E-state index is 12.2. The van der Waals surface area contributed by atoms with Gasteiger partial charge in [-0.15, -0.1) is 11.3 Å². The first-order valence-electron chi connectivity index (χ1n) is 6.38. The fourth-order valence-electron chi connectivity index (χ4n) is 2.46. The molecular formula is C14H19NO2S. The molecule has 1 aromatic rings. The third-order valence-corrected chi connectivity index (χ3v) is 4.44. The second-order valence-corrected chi connectivity index (χ2v) is 6.51. The smallest absolute Gasteiger partial charge is 0.225 e. The van der Waals surface area contributed by atoms with Crippen molar-refractivity contribution in [2.75, 3.05) is 13.1 Å². The van der Waals surface area contributed by atoms with E-state index in [0.717, 1.165) is 34.7 Å². The van der Waals surface area contributed by atoms with Crippen molar-refractivity contribution in [3.05, 3.63) is 21.4 Å². The lowest BCUT2D eigenvalue weighted by Crippen LogP contribution is -2.43. The Kier molecular flexibility index (Phi) is 3.85. The topological polar surface area (TPSA) is 37.4 Å². The van der Waals surface area contributed by atoms with Gasteiger partial charge < -0.3 is 4.90 Å². The Morgan fingerprint density at radius 3 is 2.83 bits per heavy atom. The van der Waals surface area contributed by atoms with Crippen LogP contribution in [0.15, 0.2) is 6.07 Å². The first-order valence-corrected chi connectivity index (χ1v) is 7.19. The van der Waals surface area contributed by atoms with Crippen LogP contribution in [-0.4, -0.2) is 29.7 Å². The van der Waals surface area contributed by atoms with Crippen molar-refractivity contribution in [3.63, 3.8) is 0 Å². The number of hydrogen-bond donors (Lipinski definition) is 0. The number of Topliss-reactive ketones (excluding diaryl/α,β-unsaturated/α-hetero) is 1. The Morgan fingerprint density at radius 2 is 2.22 bits per heavy atom. The summed E-state index contributed by atoms with van der Waals surface area (Å²) >= 11 is 1.64. The van der Waals surface area contributed by atoms with E-state index in [1.165, 1.54) is 0 Å². The zero-order valence-corrected chi connectivity index (χ0v) is 12.0. The third-order valence-electron chi connectivity index (χ3n) is 3.47. The van der Waals surface area contributed by atoms with Crippen LogP contribution in [0, 0.1) is 19.8 Å². The molecule has 0 radical (unpaired) electrons. The Bertz CT molecular complexity index is 478. The number of amides is 1. The average molecular weight is 265 g/mol. The van der Waals surface area contributed by atoms with Gasteiger partial charge in [0.15, 0.2) is 5.78 Å². The highest BCUT2D eigenvalue weighted by atomic mass is 32.1. The highest BCUT2D eigenvalue weighted by Gasteiger charge is 2.27. The lowest BCUT2D eigenvalue weighted by atomic mass is 9.98. The lowest BCUT2D eigenvalue weighted by Gasteiger charge is -2.30. The molecule has 98 valence electrons. The lowest BCUT2D eigenvalue weighted by molar-refractivity contribution is -0.137. The van der Waals surface area contributed by atoms with Crippen molar-refractivity contribution in [1.29, 1.82) is 0 Å². The van der Waals surface area contributed by atoms with Crippen LogP contribution >= 0.6 is 11.3 Å². The number of likely N-dealkylation sites (tertiary alicyclic amines) is 1. The number of piperidine rings is 1. The van der Waals surface area contributed by atoms with Crippen LogP contribution in [0.5, 0.6) is 0 Å². The van der Waals surface area contributed by atoms with E-state index in [1.807, 2.05) is 26.8 Å². The fraction of sp³-hybridized carbons (Fsp3) is 0.571. The van der Waals surface area contributed by atoms with E-state index in [-0.39, 0.29) is 24.2 Å². The van der Waals surface area contributed by atoms with Crippen LogP contribution in [-0.2, 0) is 4.79 Å². The number of hydrogen-bond acceptors (Lipinski definition) is 3. The van der Waals surface area contributed by atoms with Crippen LogP contribution in [0.25, 0.3) is 0 Å². The van der Waals surface area contributed by atoms with Gasteiger partial charge in [-0.2, -0.15) is 0 Å². The molecule has 0 aromatic carbocycles. The number of nitrogens with zero attached hydrogens (tertiary/aromatic N) is 1. The molecule has 0 spiro atoms. The normalized spacial score (nSPS) is 20.3. The van der Waals surface area contributed by atoms with Gasteiger partial charge in [0.2, 0.25) is 5.91 Å². The van der Waals surface area contributed by atoms with Crippen molar-refractivity contribution >= 4 is 23.0 Å². The maximum Gasteiger partial charge on any atom is 0.225 e. The monoisotopic (exact) mass is 265 g/mol. The summed E-state index contributed by atoms with van der Waals surface area (Å²) in [6, 6.07) is 1.93. The molecule has 1 aromatic heterocycles. The summed E-state index contributed by atoms with van der Waals surface area (Å²) < 4.78 is 0. The summed E-state index contributed by atoms with van der Waals surface area (Å²) in [6.45, 7) is 6.87. The molecule has 2 heterocycles. The fourth-order valence-corrected chi connectivity index (χ4v) is 3.40. The first kappa shape index (κ1) is 13.3. The largest absolute Gasteiger partial charge is 0.335 e. The summed E-state index contributed by atoms with van der Waals surface area (Å²) in [6.07, 6.45) is 1.95. The van der Waals surface area contributed by atoms with Crippen molar-refractivity contribution in [2.24, 2.45) is 5.92 Å². The first-order chi connectivity index (χ1) is 8.49. The SMILES string of the molecule is Cc1cc(C(=O)CN2CCCC(C)C2=O)c(C)s1. The van der Waals surface area contributed by atoms with Crippen LogP contribution < -0.4 is 0 Å². The molecule has 1 saturated heterocycles. The highest BCUT2D eigenvalue weighted by Crippen LogP contribution is 2.22. The minimum absolute atomic E-state index is 0.0665. The third kappa shape index (κ3) is 2.64. The van der Waals surface area contributed by atoms with Gasteiger partial charge >= 0.3 is 0 Å². The Hall–Kier alpha value is -1.16. The van der Waals surface area contributed by atoms with Gasteiger partial charge in [0.25, 0.3) is 0 Å². The van der Waals surface area contributed by atoms with E-state index in [4.69, 9.17) is 0 Å². The van der Waals surface area contributed by atoms with Gasteiger partial charge in [-0.3, -0.25) is 9.59 Å². The Labute approximate surface area is 112 Å². The Morgan fingerprint density at radius 1 is 1.50 bits per heavy atom. The predicted molar refractivity (Wildman–Crippen MR) is 73.1 cm³/mol. The van der Waals surface area contributed by atoms with Crippen LogP contribution in [0.4, 0.5) is 0 Å². The van der Waals surface area contributed by atoms with E-state index in [9.17, 15) is 9.59 Å². The molecular weight excluding hydrogens is 246 g/mol. The van der Waals surface area contributed by atoms with Gasteiger partial charge in [0.05, 0.1) is 6.54 Å². The van der Waals surface area contributed by atoms with Crippen LogP contribution in [0.3, 0.4) is 0 Å². The standard InChI is InChI=1S/C14H19NO2S/c1-9-5-4-6-15(14(9)17)8-13(16)12-7-10(2)18-11(12)3/h7,9H,4-6,8H2,1-3H3. The molecule has 3 nitrogen and oxygen atoms in total. The molecule has 0 aliphatic carbocycles. The van der Waals surface area contributed by atoms with Crippen molar-refractivity contribution < 1.29 is 9.59 Å². The zero-order chi connectivity index (χ0) is 13.3. The summed E-state index contributed by atoms with van der Waals surface area (Å²) in [5.41, 5.74) is 0.781. The van der Waals surface area contributed by atoms with Crippen molar-refractivity contribution in [2.45, 2.75) is 33.6 Å². The van der Waals surface area contributed by atoms with E-state index < -0.39 is 0 Å². The minimum atomic E-state index is 0.0665. The van der Waals surface area contributed by atoms with Crippen LogP contribution in [0.1, 0.15) is 39.9 Å². The number of carbonyl (C=O) groups excluding carboxylic acids is 2. The quantitative estimate of drug-likeness (QED) is 0.788. The average Bonchev–Trinajstić information content (AvgIpc) is 2.64. The number of ketones is 1. The van der Waals surface area contributed by atoms with Crippen LogP contribution in [0.2, 0.25) is 0 Å². The predicted octanol–water partition coefficient (Wildman–Crippen LogP) is 2.81. The molecule has 1 fully saturated rings. The minimum Gasteiger partial charge on any atom is -0.335 e. The van der Waals surface area contributed by atoms with Gasteiger partial charge in [0.1, 0.15) is 0 Å². The van der Waals surface area contributed by atoms with Gasteiger partial charge in [-0.25, -0.2) is 0 Å². The van der Waals surface area contributed by atoms with Gasteiger partial charge in [-0.05, 0) is 32.8 Å². The molecule has 1 aliphatic rings. The number of carbonyl (C=O) groups is 2. The highest BCUT2D eigenvalue weighted by molar-refractivity contribution is 7.12. The van der Waals surface area contributed by atoms with E-state index in [1.54, 1.807) is 16.2 Å². The van der Waals surface area contributed by atoms with Gasteiger partial charge in [-0.1, -0.05) is 6.92 Å². The molecule has 1 amide bonds. The van der Waals surface area contributed by atoms with E-state index in [2.05, 4.69) is 0 Å². The number of rotatable bonds is 3. The zero-order valence-electron chi connectivity index (χ0n) is 11.2. The molecule has 0 bridgehead atoms. The number of thiophene rings is 1. The summed E-state index contributed by atoms with van der Waals surface area (Å²) in [5.74, 6) is 0.260. The molecule has 0 N–H and O–H groups in total. The summed E-state index contributed by atoms with van der Waals surface area (Å²) in [7, 11) is 0. The second kappa shape index (κ2) is 5.22. The molecule has 1 unspecified atom stereocenters. The second-order valence-electron chi connectivity index (χ2n) is 5.05. The van der Waals surface area contributed by atoms with Gasteiger partial charge in [0, 0.05) is 27.8 Å². The number of aryl methyl sites for hydroxylation is 2. The molecule has 2 rings (SSSR count). The molecule has 1 atom stereocenters. The molecule has 4 heteroatoms. The summed E-state index contributed by atoms with van der Waals surface area (Å²) in [5, 5.41) is 0. The maximum atomic E-state index is 12.2. The van der Waals surface area contributed by atoms with Crippen molar-refractivity contribution in [3.8, 4) is 0 Å². The molecule has 18 heavy (non-hydrogen) atoms. The van der Waals surface area contributed by atoms with E-state index >= 15 is 0 Å².